The molecule has 7 heteroatoms. The second kappa shape index (κ2) is 4.43. The predicted molar refractivity (Wildman–Crippen MR) is 38.0 cm³/mol. The molecule has 0 heterocycles. The Kier molecular flexibility index (Phi) is 3.89. The van der Waals surface area contributed by atoms with Gasteiger partial charge in [0.15, 0.2) is 5.76 Å². The zero-order valence-corrected chi connectivity index (χ0v) is 6.34. The quantitative estimate of drug-likeness (QED) is 0.265. The summed E-state index contributed by atoms with van der Waals surface area (Å²) in [5, 5.41) is 42.4. The topological polar surface area (TPSA) is 135 Å². The molecule has 74 valence electrons. The van der Waals surface area contributed by atoms with Gasteiger partial charge in [-0.15, -0.1) is 0 Å². The SMILES string of the molecule is O=C(CO)/C(O)=C(\O)C(O)C(=O)O. The lowest BCUT2D eigenvalue weighted by Crippen LogP contribution is -2.25. The third kappa shape index (κ3) is 2.73. The molecule has 0 bridgehead atoms. The fraction of sp³-hybridized carbons (Fsp3) is 0.333. The van der Waals surface area contributed by atoms with E-state index in [-0.39, 0.29) is 0 Å². The van der Waals surface area contributed by atoms with Crippen LogP contribution in [0.1, 0.15) is 0 Å². The van der Waals surface area contributed by atoms with Crippen molar-refractivity contribution in [3.63, 3.8) is 0 Å². The van der Waals surface area contributed by atoms with Gasteiger partial charge in [-0.2, -0.15) is 0 Å². The van der Waals surface area contributed by atoms with Crippen molar-refractivity contribution >= 4 is 11.8 Å². The van der Waals surface area contributed by atoms with Gasteiger partial charge in [-0.25, -0.2) is 4.79 Å². The number of ketones is 1. The molecular formula is C6H8O7. The van der Waals surface area contributed by atoms with Crippen molar-refractivity contribution in [3.05, 3.63) is 11.5 Å². The van der Waals surface area contributed by atoms with Crippen molar-refractivity contribution in [1.29, 1.82) is 0 Å². The van der Waals surface area contributed by atoms with E-state index in [0.717, 1.165) is 0 Å². The van der Waals surface area contributed by atoms with Gasteiger partial charge < -0.3 is 25.5 Å². The first-order valence-corrected chi connectivity index (χ1v) is 3.08. The molecule has 0 amide bonds. The van der Waals surface area contributed by atoms with Crippen molar-refractivity contribution in [2.45, 2.75) is 6.10 Å². The van der Waals surface area contributed by atoms with Crippen molar-refractivity contribution < 1.29 is 35.1 Å². The van der Waals surface area contributed by atoms with E-state index < -0.39 is 36.0 Å². The first kappa shape index (κ1) is 11.4. The van der Waals surface area contributed by atoms with Crippen molar-refractivity contribution in [2.24, 2.45) is 0 Å². The summed E-state index contributed by atoms with van der Waals surface area (Å²) in [5.74, 6) is -5.86. The number of aliphatic hydroxyl groups excluding tert-OH is 4. The summed E-state index contributed by atoms with van der Waals surface area (Å²) in [6, 6.07) is 0. The molecule has 0 aliphatic rings. The molecule has 0 aliphatic heterocycles. The lowest BCUT2D eigenvalue weighted by molar-refractivity contribution is -0.146. The minimum Gasteiger partial charge on any atom is -0.506 e. The van der Waals surface area contributed by atoms with Crippen LogP contribution in [0.15, 0.2) is 11.5 Å². The zero-order chi connectivity index (χ0) is 10.6. The molecule has 0 radical (unpaired) electrons. The predicted octanol–water partition coefficient (Wildman–Crippen LogP) is -1.68. The highest BCUT2D eigenvalue weighted by Crippen LogP contribution is 2.04. The summed E-state index contributed by atoms with van der Waals surface area (Å²) in [6.07, 6.45) is -2.38. The van der Waals surface area contributed by atoms with Crippen LogP contribution in [0, 0.1) is 0 Å². The Labute approximate surface area is 72.2 Å². The minimum atomic E-state index is -2.38. The Morgan fingerprint density at radius 1 is 1.15 bits per heavy atom. The van der Waals surface area contributed by atoms with E-state index in [2.05, 4.69) is 0 Å². The number of aliphatic hydroxyl groups is 4. The summed E-state index contributed by atoms with van der Waals surface area (Å²) >= 11 is 0. The van der Waals surface area contributed by atoms with E-state index in [4.69, 9.17) is 25.5 Å². The van der Waals surface area contributed by atoms with Crippen LogP contribution in [0.3, 0.4) is 0 Å². The molecule has 0 aromatic rings. The first-order chi connectivity index (χ1) is 5.91. The fourth-order valence-electron chi connectivity index (χ4n) is 0.464. The number of carbonyl (C=O) groups excluding carboxylic acids is 1. The average Bonchev–Trinajstić information content (AvgIpc) is 2.12. The lowest BCUT2D eigenvalue weighted by atomic mass is 10.2. The van der Waals surface area contributed by atoms with Gasteiger partial charge in [-0.3, -0.25) is 4.79 Å². The number of hydrogen-bond donors (Lipinski definition) is 5. The normalized spacial score (nSPS) is 14.6. The number of carboxylic acid groups (broad SMARTS) is 1. The van der Waals surface area contributed by atoms with Gasteiger partial charge in [0.05, 0.1) is 0 Å². The molecule has 0 aliphatic carbocycles. The minimum absolute atomic E-state index is 1.10. The standard InChI is InChI=1S/C6H8O7/c7-1-2(8)3(9)4(10)5(11)6(12)13/h5,7,9-11H,1H2,(H,12,13)/b4-3+. The van der Waals surface area contributed by atoms with Crippen LogP contribution in [-0.2, 0) is 9.59 Å². The molecule has 0 fully saturated rings. The molecule has 7 nitrogen and oxygen atoms in total. The highest BCUT2D eigenvalue weighted by molar-refractivity contribution is 5.95. The second-order valence-electron chi connectivity index (χ2n) is 2.06. The number of aliphatic carboxylic acids is 1. The molecule has 0 aromatic heterocycles. The Hall–Kier alpha value is -1.60. The molecule has 0 saturated carbocycles. The van der Waals surface area contributed by atoms with E-state index in [1.54, 1.807) is 0 Å². The van der Waals surface area contributed by atoms with E-state index >= 15 is 0 Å². The molecular weight excluding hydrogens is 184 g/mol. The Morgan fingerprint density at radius 3 is 1.92 bits per heavy atom. The maximum absolute atomic E-state index is 10.5. The first-order valence-electron chi connectivity index (χ1n) is 3.08. The Morgan fingerprint density at radius 2 is 1.62 bits per heavy atom. The average molecular weight is 192 g/mol. The van der Waals surface area contributed by atoms with Gasteiger partial charge in [-0.05, 0) is 0 Å². The zero-order valence-electron chi connectivity index (χ0n) is 6.34. The maximum Gasteiger partial charge on any atom is 0.340 e. The molecule has 0 aromatic carbocycles. The summed E-state index contributed by atoms with van der Waals surface area (Å²) in [6.45, 7) is -1.10. The van der Waals surface area contributed by atoms with Crippen LogP contribution >= 0.6 is 0 Å². The second-order valence-corrected chi connectivity index (χ2v) is 2.06. The Balaban J connectivity index is 4.80. The number of carbonyl (C=O) groups is 2. The highest BCUT2D eigenvalue weighted by atomic mass is 16.4. The number of carboxylic acids is 1. The van der Waals surface area contributed by atoms with Gasteiger partial charge in [0.2, 0.25) is 17.6 Å². The van der Waals surface area contributed by atoms with Crippen molar-refractivity contribution in [1.82, 2.24) is 0 Å². The molecule has 13 heavy (non-hydrogen) atoms. The molecule has 0 rings (SSSR count). The van der Waals surface area contributed by atoms with Gasteiger partial charge in [0.25, 0.3) is 0 Å². The van der Waals surface area contributed by atoms with Crippen molar-refractivity contribution in [2.75, 3.05) is 6.61 Å². The van der Waals surface area contributed by atoms with E-state index in [1.165, 1.54) is 0 Å². The third-order valence-corrected chi connectivity index (χ3v) is 1.14. The van der Waals surface area contributed by atoms with Crippen LogP contribution in [-0.4, -0.2) is 50.0 Å². The van der Waals surface area contributed by atoms with Gasteiger partial charge >= 0.3 is 5.97 Å². The molecule has 0 saturated heterocycles. The van der Waals surface area contributed by atoms with E-state index in [1.807, 2.05) is 0 Å². The highest BCUT2D eigenvalue weighted by Gasteiger charge is 2.25. The van der Waals surface area contributed by atoms with E-state index in [9.17, 15) is 9.59 Å². The van der Waals surface area contributed by atoms with Crippen LogP contribution in [0.25, 0.3) is 0 Å². The molecule has 5 N–H and O–H groups in total. The van der Waals surface area contributed by atoms with E-state index in [0.29, 0.717) is 0 Å². The molecule has 1 atom stereocenters. The van der Waals surface area contributed by atoms with Crippen LogP contribution in [0.2, 0.25) is 0 Å². The van der Waals surface area contributed by atoms with Crippen molar-refractivity contribution in [3.8, 4) is 0 Å². The van der Waals surface area contributed by atoms with Crippen LogP contribution < -0.4 is 0 Å². The Bertz CT molecular complexity index is 254. The number of rotatable bonds is 4. The molecule has 1 unspecified atom stereocenters. The lowest BCUT2D eigenvalue weighted by Gasteiger charge is -2.05. The largest absolute Gasteiger partial charge is 0.506 e. The smallest absolute Gasteiger partial charge is 0.340 e. The van der Waals surface area contributed by atoms with Gasteiger partial charge in [0, 0.05) is 0 Å². The van der Waals surface area contributed by atoms with Crippen LogP contribution in [0.5, 0.6) is 0 Å². The molecule has 0 spiro atoms. The van der Waals surface area contributed by atoms with Gasteiger partial charge in [-0.1, -0.05) is 0 Å². The summed E-state index contributed by atoms with van der Waals surface area (Å²) in [4.78, 5) is 20.5. The van der Waals surface area contributed by atoms with Crippen LogP contribution in [0.4, 0.5) is 0 Å². The summed E-state index contributed by atoms with van der Waals surface area (Å²) < 4.78 is 0. The number of Topliss-reactive ketones (excluding diaryl/α,β-unsaturated/α-hetero) is 1. The van der Waals surface area contributed by atoms with Gasteiger partial charge in [0.1, 0.15) is 6.61 Å². The summed E-state index contributed by atoms with van der Waals surface area (Å²) in [5.41, 5.74) is 0. The fourth-order valence-corrected chi connectivity index (χ4v) is 0.464. The number of hydrogen-bond acceptors (Lipinski definition) is 6. The summed E-state index contributed by atoms with van der Waals surface area (Å²) in [7, 11) is 0. The third-order valence-electron chi connectivity index (χ3n) is 1.14. The monoisotopic (exact) mass is 192 g/mol. The maximum atomic E-state index is 10.5.